The van der Waals surface area contributed by atoms with Crippen LogP contribution in [0.4, 0.5) is 0 Å². The molecule has 0 aromatic carbocycles. The summed E-state index contributed by atoms with van der Waals surface area (Å²) in [7, 11) is 0. The molecule has 0 nitrogen and oxygen atoms in total. The van der Waals surface area contributed by atoms with E-state index in [0.717, 1.165) is 11.8 Å². The summed E-state index contributed by atoms with van der Waals surface area (Å²) in [6.45, 7) is 10.2. The van der Waals surface area contributed by atoms with Crippen molar-refractivity contribution in [2.45, 2.75) is 105 Å². The fourth-order valence-electron chi connectivity index (χ4n) is 4.82. The topological polar surface area (TPSA) is 0 Å². The molecule has 0 saturated heterocycles. The van der Waals surface area contributed by atoms with E-state index in [1.54, 1.807) is 0 Å². The van der Waals surface area contributed by atoms with Gasteiger partial charge in [0.1, 0.15) is 0 Å². The molecule has 118 valence electrons. The smallest absolute Gasteiger partial charge is 0.0326 e. The molecule has 0 heteroatoms. The first-order valence-electron chi connectivity index (χ1n) is 9.42. The van der Waals surface area contributed by atoms with Gasteiger partial charge in [0, 0.05) is 0 Å². The van der Waals surface area contributed by atoms with Crippen molar-refractivity contribution in [3.05, 3.63) is 0 Å². The van der Waals surface area contributed by atoms with Crippen molar-refractivity contribution in [2.24, 2.45) is 22.7 Å². The Morgan fingerprint density at radius 2 is 0.850 bits per heavy atom. The highest BCUT2D eigenvalue weighted by atomic mass is 14.4. The van der Waals surface area contributed by atoms with Crippen molar-refractivity contribution in [1.29, 1.82) is 0 Å². The molecular formula is C20H38. The van der Waals surface area contributed by atoms with E-state index in [0.29, 0.717) is 10.8 Å². The predicted molar refractivity (Wildman–Crippen MR) is 89.9 cm³/mol. The van der Waals surface area contributed by atoms with E-state index < -0.39 is 0 Å². The van der Waals surface area contributed by atoms with Crippen molar-refractivity contribution in [3.8, 4) is 0 Å². The molecule has 20 heavy (non-hydrogen) atoms. The normalized spacial score (nSPS) is 24.0. The van der Waals surface area contributed by atoms with Gasteiger partial charge in [0.05, 0.1) is 0 Å². The van der Waals surface area contributed by atoms with Crippen LogP contribution in [-0.4, -0.2) is 0 Å². The van der Waals surface area contributed by atoms with Gasteiger partial charge in [0.15, 0.2) is 0 Å². The lowest BCUT2D eigenvalue weighted by Gasteiger charge is -2.42. The van der Waals surface area contributed by atoms with E-state index in [4.69, 9.17) is 0 Å². The van der Waals surface area contributed by atoms with Crippen molar-refractivity contribution >= 4 is 0 Å². The zero-order valence-corrected chi connectivity index (χ0v) is 14.6. The van der Waals surface area contributed by atoms with Crippen LogP contribution in [0.1, 0.15) is 105 Å². The third-order valence-electron chi connectivity index (χ3n) is 6.83. The summed E-state index contributed by atoms with van der Waals surface area (Å²) in [6, 6.07) is 0. The first-order chi connectivity index (χ1) is 9.42. The predicted octanol–water partition coefficient (Wildman–Crippen LogP) is 6.98. The van der Waals surface area contributed by atoms with Crippen LogP contribution in [0.25, 0.3) is 0 Å². The molecule has 0 spiro atoms. The Hall–Kier alpha value is 0. The van der Waals surface area contributed by atoms with Crippen LogP contribution >= 0.6 is 0 Å². The maximum Gasteiger partial charge on any atom is -0.0326 e. The minimum absolute atomic E-state index is 0.576. The van der Waals surface area contributed by atoms with E-state index in [9.17, 15) is 0 Å². The van der Waals surface area contributed by atoms with Gasteiger partial charge in [-0.1, -0.05) is 66.2 Å². The van der Waals surface area contributed by atoms with Gasteiger partial charge in [-0.3, -0.25) is 0 Å². The lowest BCUT2D eigenvalue weighted by molar-refractivity contribution is 0.0873. The van der Waals surface area contributed by atoms with Gasteiger partial charge in [-0.15, -0.1) is 0 Å². The SMILES string of the molecule is CC(C)(CCC(C)(C)C1CCCCC1)C1CCCCC1. The van der Waals surface area contributed by atoms with Crippen molar-refractivity contribution in [1.82, 2.24) is 0 Å². The summed E-state index contributed by atoms with van der Waals surface area (Å²) in [4.78, 5) is 0. The van der Waals surface area contributed by atoms with Crippen LogP contribution in [0, 0.1) is 22.7 Å². The molecule has 0 unspecified atom stereocenters. The molecule has 0 aromatic heterocycles. The standard InChI is InChI=1S/C20H38/c1-19(2,17-11-7-5-8-12-17)15-16-20(3,4)18-13-9-6-10-14-18/h17-18H,5-16H2,1-4H3. The van der Waals surface area contributed by atoms with Gasteiger partial charge < -0.3 is 0 Å². The molecular weight excluding hydrogens is 240 g/mol. The molecule has 0 bridgehead atoms. The molecule has 0 heterocycles. The van der Waals surface area contributed by atoms with Crippen LogP contribution in [0.5, 0.6) is 0 Å². The molecule has 2 aliphatic rings. The minimum atomic E-state index is 0.576. The molecule has 0 N–H and O–H groups in total. The molecule has 0 radical (unpaired) electrons. The Kier molecular flexibility index (Phi) is 5.60. The van der Waals surface area contributed by atoms with Gasteiger partial charge >= 0.3 is 0 Å². The van der Waals surface area contributed by atoms with Gasteiger partial charge in [-0.2, -0.15) is 0 Å². The lowest BCUT2D eigenvalue weighted by atomic mass is 9.63. The Balaban J connectivity index is 1.85. The van der Waals surface area contributed by atoms with Crippen LogP contribution in [0.2, 0.25) is 0 Å². The first kappa shape index (κ1) is 16.4. The van der Waals surface area contributed by atoms with Gasteiger partial charge in [-0.05, 0) is 61.2 Å². The van der Waals surface area contributed by atoms with E-state index in [-0.39, 0.29) is 0 Å². The van der Waals surface area contributed by atoms with Crippen LogP contribution in [0.15, 0.2) is 0 Å². The second-order valence-corrected chi connectivity index (χ2v) is 9.15. The maximum absolute atomic E-state index is 2.56. The fourth-order valence-corrected chi connectivity index (χ4v) is 4.82. The largest absolute Gasteiger partial charge is 0.0596 e. The summed E-state index contributed by atoms with van der Waals surface area (Å²) in [5.74, 6) is 2.00. The summed E-state index contributed by atoms with van der Waals surface area (Å²) >= 11 is 0. The van der Waals surface area contributed by atoms with Gasteiger partial charge in [0.2, 0.25) is 0 Å². The monoisotopic (exact) mass is 278 g/mol. The second-order valence-electron chi connectivity index (χ2n) is 9.15. The van der Waals surface area contributed by atoms with Crippen molar-refractivity contribution in [2.75, 3.05) is 0 Å². The molecule has 0 amide bonds. The summed E-state index contributed by atoms with van der Waals surface area (Å²) in [5.41, 5.74) is 1.15. The zero-order chi connectivity index (χ0) is 14.6. The first-order valence-corrected chi connectivity index (χ1v) is 9.42. The van der Waals surface area contributed by atoms with Gasteiger partial charge in [0.25, 0.3) is 0 Å². The molecule has 2 aliphatic carbocycles. The quantitative estimate of drug-likeness (QED) is 0.509. The number of hydrogen-bond acceptors (Lipinski definition) is 0. The Bertz CT molecular complexity index is 244. The van der Waals surface area contributed by atoms with Crippen molar-refractivity contribution in [3.63, 3.8) is 0 Å². The summed E-state index contributed by atoms with van der Waals surface area (Å²) in [5, 5.41) is 0. The fraction of sp³-hybridized carbons (Fsp3) is 1.00. The molecule has 0 aliphatic heterocycles. The van der Waals surface area contributed by atoms with Crippen LogP contribution < -0.4 is 0 Å². The van der Waals surface area contributed by atoms with Crippen LogP contribution in [0.3, 0.4) is 0 Å². The van der Waals surface area contributed by atoms with E-state index in [1.807, 2.05) is 0 Å². The third kappa shape index (κ3) is 4.25. The molecule has 0 atom stereocenters. The zero-order valence-electron chi connectivity index (χ0n) is 14.6. The number of rotatable bonds is 5. The number of hydrogen-bond donors (Lipinski definition) is 0. The average Bonchev–Trinajstić information content (AvgIpc) is 2.47. The Labute approximate surface area is 128 Å². The highest BCUT2D eigenvalue weighted by Gasteiger charge is 2.35. The van der Waals surface area contributed by atoms with E-state index in [1.165, 1.54) is 77.0 Å². The maximum atomic E-state index is 2.56. The van der Waals surface area contributed by atoms with E-state index in [2.05, 4.69) is 27.7 Å². The molecule has 2 saturated carbocycles. The van der Waals surface area contributed by atoms with Gasteiger partial charge in [-0.25, -0.2) is 0 Å². The second kappa shape index (κ2) is 6.84. The Morgan fingerprint density at radius 3 is 1.15 bits per heavy atom. The highest BCUT2D eigenvalue weighted by molar-refractivity contribution is 4.86. The molecule has 2 rings (SSSR count). The minimum Gasteiger partial charge on any atom is -0.0596 e. The van der Waals surface area contributed by atoms with Crippen LogP contribution in [-0.2, 0) is 0 Å². The third-order valence-corrected chi connectivity index (χ3v) is 6.83. The summed E-state index contributed by atoms with van der Waals surface area (Å²) < 4.78 is 0. The van der Waals surface area contributed by atoms with E-state index >= 15 is 0 Å². The van der Waals surface area contributed by atoms with Crippen molar-refractivity contribution < 1.29 is 0 Å². The Morgan fingerprint density at radius 1 is 0.550 bits per heavy atom. The molecule has 0 aromatic rings. The molecule has 2 fully saturated rings. The lowest BCUT2D eigenvalue weighted by Crippen LogP contribution is -2.31. The average molecular weight is 279 g/mol. The highest BCUT2D eigenvalue weighted by Crippen LogP contribution is 2.47. The summed E-state index contributed by atoms with van der Waals surface area (Å²) in [6.07, 6.45) is 17.8.